The van der Waals surface area contributed by atoms with Crippen LogP contribution in [0.3, 0.4) is 0 Å². The van der Waals surface area contributed by atoms with Crippen molar-refractivity contribution in [1.82, 2.24) is 0 Å². The van der Waals surface area contributed by atoms with E-state index in [-0.39, 0.29) is 36.1 Å². The highest BCUT2D eigenvalue weighted by atomic mass is 16.5. The van der Waals surface area contributed by atoms with Crippen molar-refractivity contribution in [2.24, 2.45) is 56.2 Å². The molecule has 5 nitrogen and oxygen atoms in total. The third-order valence-corrected chi connectivity index (χ3v) is 15.8. The van der Waals surface area contributed by atoms with Crippen molar-refractivity contribution >= 4 is 5.97 Å². The number of aromatic nitrogens is 1. The van der Waals surface area contributed by atoms with E-state index in [1.165, 1.54) is 51.4 Å². The molecule has 1 aromatic heterocycles. The molecule has 2 bridgehead atoms. The molecule has 0 aromatic carbocycles. The van der Waals surface area contributed by atoms with Crippen LogP contribution in [0, 0.1) is 56.2 Å². The molecule has 1 aromatic rings. The van der Waals surface area contributed by atoms with E-state index < -0.39 is 0 Å². The first kappa shape index (κ1) is 30.2. The molecule has 1 saturated heterocycles. The lowest BCUT2D eigenvalue weighted by molar-refractivity contribution is -0.686. The Bertz CT molecular complexity index is 1270. The largest absolute Gasteiger partial charge is 0.457 e. The Morgan fingerprint density at radius 3 is 2.47 bits per heavy atom. The van der Waals surface area contributed by atoms with Crippen LogP contribution in [0.2, 0.25) is 0 Å². The lowest BCUT2D eigenvalue weighted by Gasteiger charge is -2.73. The van der Waals surface area contributed by atoms with Crippen LogP contribution in [-0.4, -0.2) is 29.9 Å². The van der Waals surface area contributed by atoms with Gasteiger partial charge in [-0.25, -0.2) is 4.79 Å². The van der Waals surface area contributed by atoms with E-state index in [0.717, 1.165) is 42.8 Å². The van der Waals surface area contributed by atoms with Crippen LogP contribution < -0.4 is 4.57 Å². The van der Waals surface area contributed by atoms with Crippen LogP contribution in [-0.2, 0) is 27.4 Å². The van der Waals surface area contributed by atoms with Crippen molar-refractivity contribution < 1.29 is 23.9 Å². The third kappa shape index (κ3) is 4.14. The summed E-state index contributed by atoms with van der Waals surface area (Å²) in [6.07, 6.45) is 16.9. The second-order valence-corrected chi connectivity index (χ2v) is 18.2. The van der Waals surface area contributed by atoms with Crippen LogP contribution in [0.5, 0.6) is 0 Å². The molecule has 43 heavy (non-hydrogen) atoms. The molecule has 6 aliphatic rings. The quantitative estimate of drug-likeness (QED) is 0.295. The van der Waals surface area contributed by atoms with Crippen LogP contribution >= 0.6 is 0 Å². The molecule has 5 saturated carbocycles. The lowest BCUT2D eigenvalue weighted by Crippen LogP contribution is -2.68. The Labute approximate surface area is 260 Å². The first-order chi connectivity index (χ1) is 20.2. The molecule has 10 atom stereocenters. The fourth-order valence-electron chi connectivity index (χ4n) is 13.3. The van der Waals surface area contributed by atoms with Crippen molar-refractivity contribution in [3.05, 3.63) is 30.1 Å². The van der Waals surface area contributed by atoms with Crippen molar-refractivity contribution in [1.29, 1.82) is 0 Å². The molecule has 238 valence electrons. The number of carbonyl (C=O) groups is 1. The minimum atomic E-state index is -0.168. The normalized spacial score (nSPS) is 47.4. The van der Waals surface area contributed by atoms with Crippen LogP contribution in [0.1, 0.15) is 118 Å². The third-order valence-electron chi connectivity index (χ3n) is 15.8. The minimum absolute atomic E-state index is 0.0282. The number of fused-ring (bicyclic) bond motifs is 5. The van der Waals surface area contributed by atoms with Crippen molar-refractivity contribution in [2.75, 3.05) is 6.61 Å². The molecule has 0 radical (unpaired) electrons. The second-order valence-electron chi connectivity index (χ2n) is 18.2. The number of esters is 1. The maximum atomic E-state index is 13.2. The summed E-state index contributed by atoms with van der Waals surface area (Å²) in [6.45, 7) is 19.0. The summed E-state index contributed by atoms with van der Waals surface area (Å²) in [5.74, 6) is 2.62. The van der Waals surface area contributed by atoms with Gasteiger partial charge in [0.1, 0.15) is 6.10 Å². The zero-order valence-corrected chi connectivity index (χ0v) is 28.1. The Kier molecular flexibility index (Phi) is 6.86. The number of rotatable bonds is 4. The maximum Gasteiger partial charge on any atom is 0.372 e. The summed E-state index contributed by atoms with van der Waals surface area (Å²) in [4.78, 5) is 13.2. The van der Waals surface area contributed by atoms with Crippen molar-refractivity contribution in [2.45, 2.75) is 138 Å². The zero-order valence-electron chi connectivity index (χ0n) is 28.1. The monoisotopic (exact) mass is 592 g/mol. The smallest absolute Gasteiger partial charge is 0.372 e. The van der Waals surface area contributed by atoms with Gasteiger partial charge in [-0.2, -0.15) is 4.57 Å². The summed E-state index contributed by atoms with van der Waals surface area (Å²) < 4.78 is 14.9. The van der Waals surface area contributed by atoms with E-state index >= 15 is 0 Å². The van der Waals surface area contributed by atoms with E-state index in [1.54, 1.807) is 0 Å². The SMILES string of the molecule is CC1(C)CC[C@]23CC[C@]4(C)C(CCC5[C@@]6(C)CC[C@H](OC(=O)C[n+]7cccc(CO)c7)C(C)(C)C6CC[C@]54C)C2[C@H]1OC3. The van der Waals surface area contributed by atoms with E-state index in [4.69, 9.17) is 9.47 Å². The Morgan fingerprint density at radius 1 is 0.930 bits per heavy atom. The summed E-state index contributed by atoms with van der Waals surface area (Å²) in [6, 6.07) is 3.75. The number of pyridine rings is 1. The van der Waals surface area contributed by atoms with Crippen molar-refractivity contribution in [3.63, 3.8) is 0 Å². The van der Waals surface area contributed by atoms with E-state index in [0.29, 0.717) is 33.7 Å². The van der Waals surface area contributed by atoms with Gasteiger partial charge >= 0.3 is 5.97 Å². The molecule has 5 heteroatoms. The summed E-state index contributed by atoms with van der Waals surface area (Å²) in [5.41, 5.74) is 2.46. The summed E-state index contributed by atoms with van der Waals surface area (Å²) in [7, 11) is 0. The molecule has 6 fully saturated rings. The molecule has 1 aliphatic heterocycles. The Balaban J connectivity index is 1.12. The van der Waals surface area contributed by atoms with Crippen LogP contribution in [0.25, 0.3) is 0 Å². The number of hydrogen-bond acceptors (Lipinski definition) is 4. The molecular weight excluding hydrogens is 534 g/mol. The van der Waals surface area contributed by atoms with Crippen molar-refractivity contribution in [3.8, 4) is 0 Å². The van der Waals surface area contributed by atoms with Gasteiger partial charge < -0.3 is 14.6 Å². The first-order valence-electron chi connectivity index (χ1n) is 17.6. The standard InChI is InChI=1S/C38H58NO4/c1-33(2)16-18-38-19-17-36(6)26(31(38)32(33)42-24-38)10-11-28-35(5)14-13-29(34(3,4)27(35)12-15-37(28,36)7)43-30(41)22-39-20-8-9-25(21-39)23-40/h8-9,20-21,26-29,31-32,40H,10-19,22-24H2,1-7H3/q+1/t26?,27?,28?,29-,31?,32+,35-,36+,37+,38+/m0/s1. The maximum absolute atomic E-state index is 13.2. The van der Waals surface area contributed by atoms with Gasteiger partial charge in [0.15, 0.2) is 12.4 Å². The average Bonchev–Trinajstić information content (AvgIpc) is 3.29. The van der Waals surface area contributed by atoms with E-state index in [2.05, 4.69) is 48.5 Å². The fraction of sp³-hybridized carbons (Fsp3) is 0.842. The van der Waals surface area contributed by atoms with Gasteiger partial charge in [-0.15, -0.1) is 0 Å². The average molecular weight is 593 g/mol. The molecule has 4 unspecified atom stereocenters. The summed E-state index contributed by atoms with van der Waals surface area (Å²) in [5, 5.41) is 9.50. The molecule has 0 spiro atoms. The van der Waals surface area contributed by atoms with Crippen LogP contribution in [0.15, 0.2) is 24.5 Å². The topological polar surface area (TPSA) is 59.6 Å². The Morgan fingerprint density at radius 2 is 1.70 bits per heavy atom. The molecule has 2 heterocycles. The summed E-state index contributed by atoms with van der Waals surface area (Å²) >= 11 is 0. The molecule has 0 amide bonds. The molecule has 7 rings (SSSR count). The van der Waals surface area contributed by atoms with Crippen LogP contribution in [0.4, 0.5) is 0 Å². The predicted molar refractivity (Wildman–Crippen MR) is 167 cm³/mol. The molecule has 1 N–H and O–H groups in total. The van der Waals surface area contributed by atoms with Gasteiger partial charge in [0.2, 0.25) is 6.54 Å². The highest BCUT2D eigenvalue weighted by Crippen LogP contribution is 2.78. The predicted octanol–water partition coefficient (Wildman–Crippen LogP) is 7.27. The number of aliphatic hydroxyl groups excluding tert-OH is 1. The highest BCUT2D eigenvalue weighted by Gasteiger charge is 2.73. The van der Waals surface area contributed by atoms with Gasteiger partial charge in [-0.3, -0.25) is 0 Å². The molecular formula is C38H58NO4+. The Hall–Kier alpha value is -1.46. The van der Waals surface area contributed by atoms with Gasteiger partial charge in [0.25, 0.3) is 0 Å². The number of nitrogens with zero attached hydrogens (tertiary/aromatic N) is 1. The second kappa shape index (κ2) is 9.77. The van der Waals surface area contributed by atoms with Gasteiger partial charge in [-0.05, 0) is 121 Å². The van der Waals surface area contributed by atoms with Gasteiger partial charge in [0.05, 0.1) is 19.3 Å². The number of carbonyl (C=O) groups excluding carboxylic acids is 1. The first-order valence-corrected chi connectivity index (χ1v) is 17.6. The molecule has 5 aliphatic carbocycles. The number of ether oxygens (including phenoxy) is 2. The van der Waals surface area contributed by atoms with Gasteiger partial charge in [-0.1, -0.05) is 48.5 Å². The lowest BCUT2D eigenvalue weighted by atomic mass is 9.31. The minimum Gasteiger partial charge on any atom is -0.457 e. The van der Waals surface area contributed by atoms with E-state index in [1.807, 2.05) is 29.1 Å². The number of aliphatic hydroxyl groups is 1. The number of hydrogen-bond donors (Lipinski definition) is 1. The highest BCUT2D eigenvalue weighted by molar-refractivity contribution is 5.68. The fourth-order valence-corrected chi connectivity index (χ4v) is 13.3. The van der Waals surface area contributed by atoms with E-state index in [9.17, 15) is 9.90 Å². The zero-order chi connectivity index (χ0) is 30.6. The van der Waals surface area contributed by atoms with Gasteiger partial charge in [0, 0.05) is 17.0 Å².